The summed E-state index contributed by atoms with van der Waals surface area (Å²) in [6, 6.07) is 49.4. The number of amides is 1. The first kappa shape index (κ1) is 46.3. The molecular weight excluding hydrogens is 827 g/mol. The first-order chi connectivity index (χ1) is 29.9. The SMILES string of the molecule is COc1ccc(CN2C(=O)CC3C(CO[Si](c4ccccc4)(c4ccccc4)C(C)(C)C)C(O[Si](c4ccccc4)(c4ccccc4)C(C)(C)C)CC32C#C[Si](C)(C)C)c(OC)c1. The molecule has 0 spiro atoms. The largest absolute Gasteiger partial charge is 0.497 e. The second-order valence-corrected chi connectivity index (χ2v) is 33.9. The molecule has 0 radical (unpaired) electrons. The van der Waals surface area contributed by atoms with Crippen LogP contribution in [-0.2, 0) is 20.2 Å². The summed E-state index contributed by atoms with van der Waals surface area (Å²) in [5, 5.41) is 4.41. The number of benzene rings is 5. The number of hydrogen-bond donors (Lipinski definition) is 0. The lowest BCUT2D eigenvalue weighted by Gasteiger charge is -2.47. The van der Waals surface area contributed by atoms with E-state index in [4.69, 9.17) is 18.3 Å². The van der Waals surface area contributed by atoms with Gasteiger partial charge < -0.3 is 23.2 Å². The molecule has 0 aromatic heterocycles. The van der Waals surface area contributed by atoms with Crippen LogP contribution >= 0.6 is 0 Å². The zero-order chi connectivity index (χ0) is 45.3. The van der Waals surface area contributed by atoms with Gasteiger partial charge in [0, 0.05) is 42.9 Å². The Morgan fingerprint density at radius 3 is 1.57 bits per heavy atom. The van der Waals surface area contributed by atoms with Gasteiger partial charge in [0.25, 0.3) is 16.6 Å². The van der Waals surface area contributed by atoms with Crippen LogP contribution in [0.1, 0.15) is 59.9 Å². The van der Waals surface area contributed by atoms with Gasteiger partial charge in [-0.15, -0.1) is 5.54 Å². The summed E-state index contributed by atoms with van der Waals surface area (Å²) in [4.78, 5) is 17.0. The van der Waals surface area contributed by atoms with Crippen molar-refractivity contribution < 1.29 is 23.1 Å². The van der Waals surface area contributed by atoms with E-state index in [2.05, 4.69) is 199 Å². The van der Waals surface area contributed by atoms with E-state index in [1.807, 2.05) is 18.2 Å². The summed E-state index contributed by atoms with van der Waals surface area (Å²) in [5.74, 6) is 5.13. The second kappa shape index (κ2) is 18.1. The third kappa shape index (κ3) is 8.78. The molecule has 1 aliphatic carbocycles. The molecule has 1 aliphatic heterocycles. The van der Waals surface area contributed by atoms with E-state index in [1.165, 1.54) is 20.7 Å². The standard InChI is InChI=1S/C54H67NO5Si3/c1-52(2,3)62(43-24-16-12-17-25-43,44-26-18-13-19-27-44)59-40-47-48-37-51(56)55(39-41-32-33-42(57-7)36-49(41)58-8)54(48,34-35-61(9,10)11)38-50(47)60-63(53(4,5)6,45-28-20-14-21-29-45)46-30-22-15-23-31-46/h12-33,36,47-48,50H,37-40H2,1-11H3. The van der Waals surface area contributed by atoms with Crippen LogP contribution in [0.5, 0.6) is 11.5 Å². The molecule has 1 saturated heterocycles. The topological polar surface area (TPSA) is 57.2 Å². The van der Waals surface area contributed by atoms with E-state index in [0.29, 0.717) is 37.5 Å². The second-order valence-electron chi connectivity index (χ2n) is 20.6. The summed E-state index contributed by atoms with van der Waals surface area (Å²) in [6.07, 6.45) is 0.635. The van der Waals surface area contributed by atoms with Crippen LogP contribution in [0, 0.1) is 23.3 Å². The third-order valence-electron chi connectivity index (χ3n) is 13.4. The van der Waals surface area contributed by atoms with Gasteiger partial charge in [-0.2, -0.15) is 0 Å². The van der Waals surface area contributed by atoms with Crippen LogP contribution in [0.4, 0.5) is 0 Å². The van der Waals surface area contributed by atoms with Crippen molar-refractivity contribution in [3.05, 3.63) is 145 Å². The number of ether oxygens (including phenoxy) is 2. The zero-order valence-corrected chi connectivity index (χ0v) is 42.3. The molecule has 5 aromatic carbocycles. The monoisotopic (exact) mass is 893 g/mol. The van der Waals surface area contributed by atoms with E-state index < -0.39 is 30.2 Å². The highest BCUT2D eigenvalue weighted by atomic mass is 28.4. The van der Waals surface area contributed by atoms with Crippen molar-refractivity contribution in [2.24, 2.45) is 11.8 Å². The van der Waals surface area contributed by atoms with Gasteiger partial charge in [0.1, 0.15) is 25.1 Å². The highest BCUT2D eigenvalue weighted by molar-refractivity contribution is 7.00. The molecule has 2 aliphatic rings. The van der Waals surface area contributed by atoms with Crippen molar-refractivity contribution in [1.82, 2.24) is 4.90 Å². The van der Waals surface area contributed by atoms with Crippen molar-refractivity contribution in [2.45, 2.75) is 102 Å². The molecule has 6 nitrogen and oxygen atoms in total. The molecule has 1 heterocycles. The summed E-state index contributed by atoms with van der Waals surface area (Å²) in [5.41, 5.74) is 3.93. The molecule has 0 N–H and O–H groups in total. The molecule has 9 heteroatoms. The van der Waals surface area contributed by atoms with Gasteiger partial charge in [0.05, 0.1) is 26.9 Å². The Hall–Kier alpha value is -4.70. The number of rotatable bonds is 13. The smallest absolute Gasteiger partial charge is 0.261 e. The first-order valence-corrected chi connectivity index (χ1v) is 29.8. The minimum Gasteiger partial charge on any atom is -0.497 e. The number of carbonyl (C=O) groups is 1. The zero-order valence-electron chi connectivity index (χ0n) is 39.3. The van der Waals surface area contributed by atoms with Crippen molar-refractivity contribution in [3.63, 3.8) is 0 Å². The molecule has 1 amide bonds. The van der Waals surface area contributed by atoms with Gasteiger partial charge in [0.15, 0.2) is 0 Å². The number of hydrogen-bond acceptors (Lipinski definition) is 5. The van der Waals surface area contributed by atoms with E-state index in [0.717, 1.165) is 5.56 Å². The highest BCUT2D eigenvalue weighted by Crippen LogP contribution is 2.55. The maximum atomic E-state index is 14.9. The fourth-order valence-corrected chi connectivity index (χ4v) is 20.4. The maximum Gasteiger partial charge on any atom is 0.261 e. The van der Waals surface area contributed by atoms with E-state index in [1.54, 1.807) is 14.2 Å². The molecule has 63 heavy (non-hydrogen) atoms. The third-order valence-corrected chi connectivity index (χ3v) is 24.4. The molecule has 0 bridgehead atoms. The minimum absolute atomic E-state index is 0.0992. The number of likely N-dealkylation sites (tertiary alicyclic amines) is 1. The summed E-state index contributed by atoms with van der Waals surface area (Å²) < 4.78 is 27.7. The van der Waals surface area contributed by atoms with Crippen LogP contribution < -0.4 is 30.2 Å². The number of nitrogens with zero attached hydrogens (tertiary/aromatic N) is 1. The maximum absolute atomic E-state index is 14.9. The lowest BCUT2D eigenvalue weighted by molar-refractivity contribution is -0.131. The lowest BCUT2D eigenvalue weighted by Crippen LogP contribution is -2.68. The molecule has 4 atom stereocenters. The lowest BCUT2D eigenvalue weighted by atomic mass is 9.84. The van der Waals surface area contributed by atoms with Crippen LogP contribution in [0.25, 0.3) is 0 Å². The van der Waals surface area contributed by atoms with Gasteiger partial charge in [-0.05, 0) is 43.0 Å². The van der Waals surface area contributed by atoms with E-state index in [-0.39, 0.29) is 33.9 Å². The summed E-state index contributed by atoms with van der Waals surface area (Å²) in [6.45, 7) is 21.7. The van der Waals surface area contributed by atoms with E-state index in [9.17, 15) is 4.79 Å². The number of carbonyl (C=O) groups excluding carboxylic acids is 1. The highest BCUT2D eigenvalue weighted by Gasteiger charge is 2.65. The van der Waals surface area contributed by atoms with Crippen molar-refractivity contribution in [2.75, 3.05) is 20.8 Å². The average Bonchev–Trinajstić information content (AvgIpc) is 3.70. The van der Waals surface area contributed by atoms with Gasteiger partial charge in [-0.3, -0.25) is 4.79 Å². The Kier molecular flexibility index (Phi) is 13.3. The minimum atomic E-state index is -3.10. The Morgan fingerprint density at radius 2 is 1.14 bits per heavy atom. The quantitative estimate of drug-likeness (QED) is 0.0873. The molecular formula is C54H67NO5Si3. The number of fused-ring (bicyclic) bond motifs is 1. The summed E-state index contributed by atoms with van der Waals surface area (Å²) in [7, 11) is -4.71. The van der Waals surface area contributed by atoms with Gasteiger partial charge >= 0.3 is 0 Å². The van der Waals surface area contributed by atoms with Gasteiger partial charge in [-0.1, -0.05) is 188 Å². The predicted molar refractivity (Wildman–Crippen MR) is 266 cm³/mol. The fraction of sp³-hybridized carbons (Fsp3) is 0.389. The molecule has 330 valence electrons. The van der Waals surface area contributed by atoms with Crippen LogP contribution in [0.2, 0.25) is 29.7 Å². The van der Waals surface area contributed by atoms with Crippen LogP contribution in [0.15, 0.2) is 140 Å². The van der Waals surface area contributed by atoms with E-state index >= 15 is 0 Å². The van der Waals surface area contributed by atoms with Crippen molar-refractivity contribution >= 4 is 51.4 Å². The predicted octanol–water partition coefficient (Wildman–Crippen LogP) is 9.21. The number of methoxy groups -OCH3 is 2. The average molecular weight is 894 g/mol. The van der Waals surface area contributed by atoms with Gasteiger partial charge in [0.2, 0.25) is 5.91 Å². The normalized spacial score (nSPS) is 20.5. The molecule has 4 unspecified atom stereocenters. The molecule has 2 fully saturated rings. The summed E-state index contributed by atoms with van der Waals surface area (Å²) >= 11 is 0. The Bertz CT molecular complexity index is 2320. The van der Waals surface area contributed by atoms with Gasteiger partial charge in [-0.25, -0.2) is 0 Å². The first-order valence-electron chi connectivity index (χ1n) is 22.5. The van der Waals surface area contributed by atoms with Crippen molar-refractivity contribution in [3.8, 4) is 23.0 Å². The fourth-order valence-electron chi connectivity index (χ4n) is 10.5. The van der Waals surface area contributed by atoms with Crippen LogP contribution in [0.3, 0.4) is 0 Å². The Morgan fingerprint density at radius 1 is 0.667 bits per heavy atom. The Balaban J connectivity index is 1.46. The molecule has 5 aromatic rings. The van der Waals surface area contributed by atoms with Crippen molar-refractivity contribution in [1.29, 1.82) is 0 Å². The van der Waals surface area contributed by atoms with Crippen LogP contribution in [-0.4, -0.2) is 68.0 Å². The molecule has 7 rings (SSSR count). The molecule has 1 saturated carbocycles. The Labute approximate surface area is 380 Å².